The highest BCUT2D eigenvalue weighted by Crippen LogP contribution is 2.48. The van der Waals surface area contributed by atoms with E-state index in [-0.39, 0.29) is 12.0 Å². The second-order valence-electron chi connectivity index (χ2n) is 12.6. The minimum absolute atomic E-state index is 0.0188. The van der Waals surface area contributed by atoms with Crippen molar-refractivity contribution in [3.63, 3.8) is 0 Å². The van der Waals surface area contributed by atoms with Crippen LogP contribution in [0.1, 0.15) is 43.0 Å². The lowest BCUT2D eigenvalue weighted by Gasteiger charge is -2.26. The molecule has 3 nitrogen and oxygen atoms in total. The highest BCUT2D eigenvalue weighted by molar-refractivity contribution is 6.23. The van der Waals surface area contributed by atoms with Crippen LogP contribution in [-0.4, -0.2) is 15.2 Å². The average molecular weight is 597 g/mol. The number of fused-ring (bicyclic) bond motifs is 9. The van der Waals surface area contributed by atoms with E-state index in [1.54, 1.807) is 0 Å². The van der Waals surface area contributed by atoms with Crippen LogP contribution in [0.3, 0.4) is 0 Å². The molecule has 9 rings (SSSR count). The van der Waals surface area contributed by atoms with Gasteiger partial charge in [0.15, 0.2) is 0 Å². The number of aromatic nitrogens is 2. The first-order valence-corrected chi connectivity index (χ1v) is 16.5. The zero-order valence-electron chi connectivity index (χ0n) is 26.1. The molecule has 3 heterocycles. The SMILES string of the molecule is C=C/C(=C\C=C/C)c1ccc(-n2c3c(c4c5c6ccccc6n(C6=CC=CC7C8=C(C=CCC8)OC67)c5ccc42)CCC=C3)cc1. The Labute approximate surface area is 269 Å². The van der Waals surface area contributed by atoms with Crippen molar-refractivity contribution in [2.75, 3.05) is 0 Å². The van der Waals surface area contributed by atoms with Crippen LogP contribution in [0.15, 0.2) is 139 Å². The molecule has 224 valence electrons. The predicted molar refractivity (Wildman–Crippen MR) is 194 cm³/mol. The van der Waals surface area contributed by atoms with Gasteiger partial charge in [0.05, 0.1) is 22.2 Å². The molecule has 3 heteroatoms. The molecule has 0 bridgehead atoms. The van der Waals surface area contributed by atoms with Gasteiger partial charge in [0.25, 0.3) is 0 Å². The zero-order chi connectivity index (χ0) is 30.8. The first-order chi connectivity index (χ1) is 22.8. The Morgan fingerprint density at radius 2 is 1.67 bits per heavy atom. The van der Waals surface area contributed by atoms with Gasteiger partial charge in [0, 0.05) is 33.5 Å². The Morgan fingerprint density at radius 1 is 0.870 bits per heavy atom. The lowest BCUT2D eigenvalue weighted by molar-refractivity contribution is 0.177. The number of allylic oxidation sites excluding steroid dienone is 10. The Kier molecular flexibility index (Phi) is 6.28. The molecule has 3 aliphatic carbocycles. The summed E-state index contributed by atoms with van der Waals surface area (Å²) in [4.78, 5) is 0. The molecule has 0 saturated heterocycles. The van der Waals surface area contributed by atoms with Crippen LogP contribution in [0.25, 0.3) is 55.7 Å². The summed E-state index contributed by atoms with van der Waals surface area (Å²) in [7, 11) is 0. The van der Waals surface area contributed by atoms with Gasteiger partial charge in [0.2, 0.25) is 0 Å². The van der Waals surface area contributed by atoms with E-state index in [0.29, 0.717) is 0 Å². The monoisotopic (exact) mass is 596 g/mol. The largest absolute Gasteiger partial charge is 0.483 e. The van der Waals surface area contributed by atoms with Crippen LogP contribution >= 0.6 is 0 Å². The fraction of sp³-hybridized carbons (Fsp3) is 0.163. The van der Waals surface area contributed by atoms with E-state index in [2.05, 4.69) is 131 Å². The van der Waals surface area contributed by atoms with Crippen LogP contribution in [0.5, 0.6) is 0 Å². The zero-order valence-corrected chi connectivity index (χ0v) is 26.1. The van der Waals surface area contributed by atoms with Crippen LogP contribution in [0.4, 0.5) is 0 Å². The number of ether oxygens (including phenoxy) is 1. The van der Waals surface area contributed by atoms with Crippen LogP contribution in [0.2, 0.25) is 0 Å². The first kappa shape index (κ1) is 27.1. The fourth-order valence-corrected chi connectivity index (χ4v) is 8.16. The molecular formula is C43H36N2O. The maximum absolute atomic E-state index is 6.73. The molecule has 0 spiro atoms. The Bertz CT molecular complexity index is 2310. The predicted octanol–water partition coefficient (Wildman–Crippen LogP) is 10.9. The number of nitrogens with zero attached hydrogens (tertiary/aromatic N) is 2. The minimum Gasteiger partial charge on any atom is -0.483 e. The topological polar surface area (TPSA) is 19.1 Å². The van der Waals surface area contributed by atoms with Crippen LogP contribution in [-0.2, 0) is 11.2 Å². The van der Waals surface area contributed by atoms with Crippen molar-refractivity contribution in [2.24, 2.45) is 5.92 Å². The normalized spacial score (nSPS) is 20.5. The van der Waals surface area contributed by atoms with Gasteiger partial charge in [0.1, 0.15) is 11.9 Å². The fourth-order valence-electron chi connectivity index (χ4n) is 8.16. The first-order valence-electron chi connectivity index (χ1n) is 16.5. The van der Waals surface area contributed by atoms with E-state index in [1.165, 1.54) is 60.9 Å². The molecule has 0 radical (unpaired) electrons. The molecule has 4 aliphatic rings. The third-order valence-electron chi connectivity index (χ3n) is 10.2. The van der Waals surface area contributed by atoms with Crippen molar-refractivity contribution >= 4 is 50.1 Å². The average Bonchev–Trinajstić information content (AvgIpc) is 3.76. The molecule has 0 amide bonds. The van der Waals surface area contributed by atoms with Gasteiger partial charge in [-0.3, -0.25) is 0 Å². The number of benzene rings is 3. The lowest BCUT2D eigenvalue weighted by atomic mass is 9.85. The third kappa shape index (κ3) is 3.91. The van der Waals surface area contributed by atoms with Crippen molar-refractivity contribution in [1.29, 1.82) is 0 Å². The van der Waals surface area contributed by atoms with E-state index in [4.69, 9.17) is 4.74 Å². The Balaban J connectivity index is 1.26. The van der Waals surface area contributed by atoms with Crippen molar-refractivity contribution in [3.05, 3.63) is 156 Å². The van der Waals surface area contributed by atoms with E-state index in [1.807, 2.05) is 19.1 Å². The lowest BCUT2D eigenvalue weighted by Crippen LogP contribution is -2.24. The summed E-state index contributed by atoms with van der Waals surface area (Å²) in [5.74, 6) is 1.36. The molecule has 0 saturated carbocycles. The molecule has 5 aromatic rings. The summed E-state index contributed by atoms with van der Waals surface area (Å²) in [6, 6.07) is 22.5. The van der Waals surface area contributed by atoms with Crippen molar-refractivity contribution in [2.45, 2.75) is 38.7 Å². The molecule has 46 heavy (non-hydrogen) atoms. The molecule has 2 aromatic heterocycles. The summed E-state index contributed by atoms with van der Waals surface area (Å²) in [6.45, 7) is 6.08. The number of rotatable bonds is 5. The second kappa shape index (κ2) is 10.7. The minimum atomic E-state index is -0.0188. The molecule has 2 unspecified atom stereocenters. The van der Waals surface area contributed by atoms with Crippen molar-refractivity contribution in [3.8, 4) is 5.69 Å². The van der Waals surface area contributed by atoms with Crippen LogP contribution in [0, 0.1) is 5.92 Å². The highest BCUT2D eigenvalue weighted by Gasteiger charge is 2.39. The van der Waals surface area contributed by atoms with Gasteiger partial charge in [-0.15, -0.1) is 0 Å². The van der Waals surface area contributed by atoms with Gasteiger partial charge in [-0.1, -0.05) is 85.5 Å². The number of para-hydroxylation sites is 1. The molecule has 0 fully saturated rings. The van der Waals surface area contributed by atoms with Gasteiger partial charge in [-0.25, -0.2) is 0 Å². The number of aryl methyl sites for hydroxylation is 1. The molecule has 1 aliphatic heterocycles. The molecule has 0 N–H and O–H groups in total. The molecule has 3 aromatic carbocycles. The second-order valence-corrected chi connectivity index (χ2v) is 12.6. The number of hydrogen-bond donors (Lipinski definition) is 0. The van der Waals surface area contributed by atoms with Gasteiger partial charge in [-0.05, 0) is 103 Å². The molecular weight excluding hydrogens is 560 g/mol. The van der Waals surface area contributed by atoms with E-state index >= 15 is 0 Å². The highest BCUT2D eigenvalue weighted by atomic mass is 16.5. The van der Waals surface area contributed by atoms with Crippen molar-refractivity contribution < 1.29 is 4.74 Å². The van der Waals surface area contributed by atoms with E-state index in [9.17, 15) is 0 Å². The smallest absolute Gasteiger partial charge is 0.149 e. The maximum atomic E-state index is 6.73. The van der Waals surface area contributed by atoms with E-state index in [0.717, 1.165) is 42.6 Å². The van der Waals surface area contributed by atoms with Crippen molar-refractivity contribution in [1.82, 2.24) is 9.13 Å². The summed E-state index contributed by atoms with van der Waals surface area (Å²) in [5, 5.41) is 3.99. The van der Waals surface area contributed by atoms with Crippen LogP contribution < -0.4 is 0 Å². The standard InChI is InChI=1S/C43H36N2O/c1-3-5-13-28(4-2)29-22-24-30(25-23-29)44-35-18-9-6-15-33(35)41-37(44)26-27-38-42(41)34-16-7-10-19-36(34)45(38)39-20-12-17-32-31-14-8-11-21-40(31)46-43(32)39/h3-5,7,9-13,16-27,32,43H,2,6,8,14-15H2,1H3/b5-3-,28-13+. The van der Waals surface area contributed by atoms with Gasteiger partial charge < -0.3 is 13.9 Å². The Morgan fingerprint density at radius 3 is 2.52 bits per heavy atom. The van der Waals surface area contributed by atoms with E-state index < -0.39 is 0 Å². The third-order valence-corrected chi connectivity index (χ3v) is 10.2. The summed E-state index contributed by atoms with van der Waals surface area (Å²) in [5.41, 5.74) is 12.6. The Hall–Kier alpha value is -5.28. The maximum Gasteiger partial charge on any atom is 0.149 e. The summed E-state index contributed by atoms with van der Waals surface area (Å²) in [6.07, 6.45) is 28.3. The number of hydrogen-bond acceptors (Lipinski definition) is 1. The van der Waals surface area contributed by atoms with Gasteiger partial charge in [-0.2, -0.15) is 0 Å². The molecule has 2 atom stereocenters. The quantitative estimate of drug-likeness (QED) is 0.185. The summed E-state index contributed by atoms with van der Waals surface area (Å²) < 4.78 is 11.7. The summed E-state index contributed by atoms with van der Waals surface area (Å²) >= 11 is 0. The van der Waals surface area contributed by atoms with Gasteiger partial charge >= 0.3 is 0 Å².